The Morgan fingerprint density at radius 2 is 1.75 bits per heavy atom. The van der Waals surface area contributed by atoms with Crippen molar-refractivity contribution in [1.29, 1.82) is 0 Å². The topological polar surface area (TPSA) is 97.1 Å². The lowest BCUT2D eigenvalue weighted by Gasteiger charge is -2.27. The molecule has 6 heteroatoms. The van der Waals surface area contributed by atoms with E-state index in [4.69, 9.17) is 16.5 Å². The number of nitrogens with two attached hydrogens (primary N) is 2. The fourth-order valence-corrected chi connectivity index (χ4v) is 4.78. The fourth-order valence-electron chi connectivity index (χ4n) is 4.78. The van der Waals surface area contributed by atoms with Gasteiger partial charge >= 0.3 is 0 Å². The normalized spacial score (nSPS) is 19.3. The lowest BCUT2D eigenvalue weighted by molar-refractivity contribution is -0.120. The molecule has 1 fully saturated rings. The van der Waals surface area contributed by atoms with Gasteiger partial charge < -0.3 is 16.4 Å². The third-order valence-corrected chi connectivity index (χ3v) is 6.43. The second-order valence-corrected chi connectivity index (χ2v) is 9.18. The zero-order chi connectivity index (χ0) is 22.7. The number of aliphatic imine (C=N–C) groups is 2. The Hall–Kier alpha value is -3.15. The van der Waals surface area contributed by atoms with Crippen LogP contribution in [-0.4, -0.2) is 23.6 Å². The summed E-state index contributed by atoms with van der Waals surface area (Å²) in [5.41, 5.74) is 15.9. The molecule has 0 saturated heterocycles. The minimum atomic E-state index is -0.375. The van der Waals surface area contributed by atoms with E-state index < -0.39 is 0 Å². The second-order valence-electron chi connectivity index (χ2n) is 9.18. The first kappa shape index (κ1) is 22.1. The summed E-state index contributed by atoms with van der Waals surface area (Å²) in [5.74, 6) is 0.646. The zero-order valence-corrected chi connectivity index (χ0v) is 19.0. The van der Waals surface area contributed by atoms with E-state index in [1.165, 1.54) is 19.3 Å². The summed E-state index contributed by atoms with van der Waals surface area (Å²) in [6.45, 7) is 4.65. The molecule has 2 aromatic rings. The first-order chi connectivity index (χ1) is 15.4. The minimum Gasteiger partial charge on any atom is -0.370 e. The quantitative estimate of drug-likeness (QED) is 0.537. The van der Waals surface area contributed by atoms with Crippen LogP contribution < -0.4 is 16.4 Å². The van der Waals surface area contributed by atoms with Crippen LogP contribution in [0.4, 0.5) is 11.4 Å². The summed E-state index contributed by atoms with van der Waals surface area (Å²) in [5, 5.41) is 0. The highest BCUT2D eigenvalue weighted by atomic mass is 16.2. The highest BCUT2D eigenvalue weighted by molar-refractivity contribution is 6.13. The van der Waals surface area contributed by atoms with Gasteiger partial charge in [0.2, 0.25) is 0 Å². The van der Waals surface area contributed by atoms with E-state index in [9.17, 15) is 4.79 Å². The number of nitrogens with zero attached hydrogens (tertiary/aromatic N) is 3. The fraction of sp³-hybridized carbons (Fsp3) is 0.423. The van der Waals surface area contributed by atoms with Crippen LogP contribution in [0.5, 0.6) is 0 Å². The Morgan fingerprint density at radius 3 is 2.41 bits per heavy atom. The van der Waals surface area contributed by atoms with Crippen LogP contribution in [0.3, 0.4) is 0 Å². The maximum atomic E-state index is 13.8. The smallest absolute Gasteiger partial charge is 0.252 e. The van der Waals surface area contributed by atoms with Gasteiger partial charge in [0.1, 0.15) is 6.04 Å². The summed E-state index contributed by atoms with van der Waals surface area (Å²) in [6, 6.07) is 15.6. The minimum absolute atomic E-state index is 0.0292. The molecule has 32 heavy (non-hydrogen) atoms. The number of para-hydroxylation sites is 1. The number of carbonyl (C=O) groups excluding carboxylic acids is 1. The molecule has 0 unspecified atom stereocenters. The predicted molar refractivity (Wildman–Crippen MR) is 131 cm³/mol. The van der Waals surface area contributed by atoms with Crippen molar-refractivity contribution < 1.29 is 4.79 Å². The van der Waals surface area contributed by atoms with Gasteiger partial charge in [0, 0.05) is 17.2 Å². The van der Waals surface area contributed by atoms with E-state index in [-0.39, 0.29) is 23.8 Å². The van der Waals surface area contributed by atoms with Crippen molar-refractivity contribution in [3.05, 3.63) is 59.7 Å². The third-order valence-electron chi connectivity index (χ3n) is 6.43. The van der Waals surface area contributed by atoms with Gasteiger partial charge in [0.05, 0.1) is 17.9 Å². The summed E-state index contributed by atoms with van der Waals surface area (Å²) in [6.07, 6.45) is 6.06. The predicted octanol–water partition coefficient (Wildman–Crippen LogP) is 4.53. The molecule has 1 aliphatic carbocycles. The maximum Gasteiger partial charge on any atom is 0.252 e. The number of rotatable bonds is 5. The van der Waals surface area contributed by atoms with Gasteiger partial charge in [-0.2, -0.15) is 0 Å². The number of fused-ring (bicyclic) bond motifs is 1. The van der Waals surface area contributed by atoms with Gasteiger partial charge in [0.25, 0.3) is 5.91 Å². The monoisotopic (exact) mass is 431 g/mol. The van der Waals surface area contributed by atoms with Crippen LogP contribution in [0.2, 0.25) is 0 Å². The van der Waals surface area contributed by atoms with E-state index in [0.29, 0.717) is 18.2 Å². The summed E-state index contributed by atoms with van der Waals surface area (Å²) in [7, 11) is 0. The highest BCUT2D eigenvalue weighted by Crippen LogP contribution is 2.35. The highest BCUT2D eigenvalue weighted by Gasteiger charge is 2.35. The molecule has 0 spiro atoms. The third kappa shape index (κ3) is 4.69. The van der Waals surface area contributed by atoms with Crippen molar-refractivity contribution in [2.45, 2.75) is 58.5 Å². The first-order valence-electron chi connectivity index (χ1n) is 11.6. The standard InChI is InChI=1S/C26H33N5O/c1-17(2)23-25(32)31(16-18-12-14-20(15-13-18)29-26(27)28)22-11-7-6-10-21(22)24(30-23)19-8-4-3-5-9-19/h6-7,10-15,17,19,23H,3-5,8-9,16H2,1-2H3,(H4,27,28,29)/t23-/m0/s1. The lowest BCUT2D eigenvalue weighted by atomic mass is 9.82. The van der Waals surface area contributed by atoms with Crippen molar-refractivity contribution >= 4 is 29.0 Å². The van der Waals surface area contributed by atoms with E-state index in [1.54, 1.807) is 0 Å². The molecule has 2 aromatic carbocycles. The summed E-state index contributed by atoms with van der Waals surface area (Å²) in [4.78, 5) is 24.9. The van der Waals surface area contributed by atoms with E-state index in [2.05, 4.69) is 37.0 Å². The van der Waals surface area contributed by atoms with Crippen molar-refractivity contribution in [2.24, 2.45) is 33.3 Å². The molecule has 4 rings (SSSR count). The molecule has 1 heterocycles. The van der Waals surface area contributed by atoms with Gasteiger partial charge in [-0.3, -0.25) is 9.79 Å². The largest absolute Gasteiger partial charge is 0.370 e. The molecule has 1 atom stereocenters. The molecule has 0 aromatic heterocycles. The van der Waals surface area contributed by atoms with Gasteiger partial charge in [-0.25, -0.2) is 4.99 Å². The number of guanidine groups is 1. The summed E-state index contributed by atoms with van der Waals surface area (Å²) < 4.78 is 0. The number of carbonyl (C=O) groups is 1. The van der Waals surface area contributed by atoms with Crippen LogP contribution in [0, 0.1) is 11.8 Å². The van der Waals surface area contributed by atoms with Crippen LogP contribution in [0.1, 0.15) is 57.1 Å². The van der Waals surface area contributed by atoms with Crippen LogP contribution >= 0.6 is 0 Å². The Morgan fingerprint density at radius 1 is 1.06 bits per heavy atom. The molecule has 2 aliphatic rings. The number of benzodiazepines with no additional fused rings is 1. The molecule has 1 saturated carbocycles. The van der Waals surface area contributed by atoms with E-state index in [0.717, 1.165) is 35.4 Å². The Bertz CT molecular complexity index is 1010. The van der Waals surface area contributed by atoms with Crippen molar-refractivity contribution in [3.63, 3.8) is 0 Å². The molecule has 1 aliphatic heterocycles. The molecule has 1 amide bonds. The average molecular weight is 432 g/mol. The number of anilines is 1. The molecular formula is C26H33N5O. The Labute approximate surface area is 190 Å². The summed E-state index contributed by atoms with van der Waals surface area (Å²) >= 11 is 0. The Kier molecular flexibility index (Phi) is 6.58. The molecule has 168 valence electrons. The average Bonchev–Trinajstić information content (AvgIpc) is 2.90. The van der Waals surface area contributed by atoms with Gasteiger partial charge in [-0.05, 0) is 42.5 Å². The number of hydrogen-bond acceptors (Lipinski definition) is 3. The molecule has 6 nitrogen and oxygen atoms in total. The van der Waals surface area contributed by atoms with Gasteiger partial charge in [-0.15, -0.1) is 0 Å². The second kappa shape index (κ2) is 9.55. The van der Waals surface area contributed by atoms with Gasteiger partial charge in [0.15, 0.2) is 5.96 Å². The number of benzene rings is 2. The van der Waals surface area contributed by atoms with Crippen molar-refractivity contribution in [1.82, 2.24) is 0 Å². The van der Waals surface area contributed by atoms with Gasteiger partial charge in [-0.1, -0.05) is 63.4 Å². The lowest BCUT2D eigenvalue weighted by Crippen LogP contribution is -2.39. The van der Waals surface area contributed by atoms with Crippen LogP contribution in [-0.2, 0) is 11.3 Å². The molecule has 0 radical (unpaired) electrons. The molecule has 0 bridgehead atoms. The SMILES string of the molecule is CC(C)[C@@H]1N=C(C2CCCCC2)c2ccccc2N(Cc2ccc(N=C(N)N)cc2)C1=O. The maximum absolute atomic E-state index is 13.8. The van der Waals surface area contributed by atoms with E-state index >= 15 is 0 Å². The van der Waals surface area contributed by atoms with Crippen molar-refractivity contribution in [2.75, 3.05) is 4.90 Å². The number of hydrogen-bond donors (Lipinski definition) is 2. The zero-order valence-electron chi connectivity index (χ0n) is 19.0. The first-order valence-corrected chi connectivity index (χ1v) is 11.6. The Balaban J connectivity index is 1.73. The number of amides is 1. The molecule has 4 N–H and O–H groups in total. The van der Waals surface area contributed by atoms with Crippen LogP contribution in [0.25, 0.3) is 0 Å². The molecular weight excluding hydrogens is 398 g/mol. The van der Waals surface area contributed by atoms with Crippen molar-refractivity contribution in [3.8, 4) is 0 Å². The van der Waals surface area contributed by atoms with E-state index in [1.807, 2.05) is 35.2 Å². The van der Waals surface area contributed by atoms with Crippen LogP contribution in [0.15, 0.2) is 58.5 Å².